The standard InChI is InChI=1S/C16H31N3O2/c1-17(2)13-16(21)8-11-19(12-9-16)15(20)14-7-5-4-6-10-18(14)3/h14,21H,4-13H2,1-3H3/t14-/m1/s1. The first-order valence-corrected chi connectivity index (χ1v) is 8.27. The van der Waals surface area contributed by atoms with Gasteiger partial charge in [-0.3, -0.25) is 9.69 Å². The van der Waals surface area contributed by atoms with E-state index in [0.717, 1.165) is 19.4 Å². The van der Waals surface area contributed by atoms with Crippen molar-refractivity contribution in [1.29, 1.82) is 0 Å². The number of nitrogens with zero attached hydrogens (tertiary/aromatic N) is 3. The highest BCUT2D eigenvalue weighted by Crippen LogP contribution is 2.25. The van der Waals surface area contributed by atoms with Crippen molar-refractivity contribution in [1.82, 2.24) is 14.7 Å². The Morgan fingerprint density at radius 3 is 2.48 bits per heavy atom. The molecule has 5 nitrogen and oxygen atoms in total. The quantitative estimate of drug-likeness (QED) is 0.836. The monoisotopic (exact) mass is 297 g/mol. The molecule has 0 spiro atoms. The molecule has 0 aromatic carbocycles. The van der Waals surface area contributed by atoms with Gasteiger partial charge in [-0.05, 0) is 53.4 Å². The van der Waals surface area contributed by atoms with Crippen LogP contribution < -0.4 is 0 Å². The first-order chi connectivity index (χ1) is 9.91. The molecule has 0 radical (unpaired) electrons. The summed E-state index contributed by atoms with van der Waals surface area (Å²) < 4.78 is 0. The molecule has 2 aliphatic rings. The maximum absolute atomic E-state index is 12.7. The largest absolute Gasteiger partial charge is 0.388 e. The van der Waals surface area contributed by atoms with Crippen molar-refractivity contribution in [2.24, 2.45) is 0 Å². The smallest absolute Gasteiger partial charge is 0.239 e. The summed E-state index contributed by atoms with van der Waals surface area (Å²) in [6.45, 7) is 3.08. The predicted octanol–water partition coefficient (Wildman–Crippen LogP) is 0.776. The second kappa shape index (κ2) is 7.07. The van der Waals surface area contributed by atoms with Gasteiger partial charge in [0.25, 0.3) is 0 Å². The molecule has 0 bridgehead atoms. The molecule has 1 atom stereocenters. The van der Waals surface area contributed by atoms with E-state index >= 15 is 0 Å². The van der Waals surface area contributed by atoms with Crippen LogP contribution in [0.2, 0.25) is 0 Å². The Hall–Kier alpha value is -0.650. The Bertz CT molecular complexity index is 351. The van der Waals surface area contributed by atoms with Gasteiger partial charge in [-0.2, -0.15) is 0 Å². The molecule has 0 saturated carbocycles. The van der Waals surface area contributed by atoms with Crippen LogP contribution in [-0.4, -0.2) is 84.7 Å². The first-order valence-electron chi connectivity index (χ1n) is 8.27. The number of carbonyl (C=O) groups excluding carboxylic acids is 1. The number of aliphatic hydroxyl groups is 1. The maximum Gasteiger partial charge on any atom is 0.239 e. The molecule has 2 heterocycles. The fraction of sp³-hybridized carbons (Fsp3) is 0.938. The predicted molar refractivity (Wildman–Crippen MR) is 84.2 cm³/mol. The van der Waals surface area contributed by atoms with Crippen molar-refractivity contribution in [3.8, 4) is 0 Å². The third-order valence-electron chi connectivity index (χ3n) is 4.92. The number of carbonyl (C=O) groups is 1. The molecule has 2 fully saturated rings. The molecule has 1 amide bonds. The van der Waals surface area contributed by atoms with Crippen LogP contribution in [0.1, 0.15) is 38.5 Å². The normalized spacial score (nSPS) is 27.7. The topological polar surface area (TPSA) is 47.0 Å². The van der Waals surface area contributed by atoms with Crippen LogP contribution in [-0.2, 0) is 4.79 Å². The summed E-state index contributed by atoms with van der Waals surface area (Å²) in [6, 6.07) is 0.0486. The minimum Gasteiger partial charge on any atom is -0.388 e. The molecule has 122 valence electrons. The van der Waals surface area contributed by atoms with Gasteiger partial charge in [0, 0.05) is 19.6 Å². The molecule has 0 aliphatic carbocycles. The fourth-order valence-corrected chi connectivity index (χ4v) is 3.66. The van der Waals surface area contributed by atoms with Crippen molar-refractivity contribution >= 4 is 5.91 Å². The van der Waals surface area contributed by atoms with Gasteiger partial charge in [-0.25, -0.2) is 0 Å². The van der Waals surface area contributed by atoms with Crippen LogP contribution in [0.15, 0.2) is 0 Å². The van der Waals surface area contributed by atoms with E-state index < -0.39 is 5.60 Å². The average molecular weight is 297 g/mol. The summed E-state index contributed by atoms with van der Waals surface area (Å²) in [5.74, 6) is 0.270. The van der Waals surface area contributed by atoms with Crippen molar-refractivity contribution in [3.05, 3.63) is 0 Å². The maximum atomic E-state index is 12.7. The highest BCUT2D eigenvalue weighted by Gasteiger charge is 2.37. The lowest BCUT2D eigenvalue weighted by atomic mass is 9.90. The molecule has 0 aromatic heterocycles. The molecule has 2 rings (SSSR count). The number of hydrogen-bond acceptors (Lipinski definition) is 4. The van der Waals surface area contributed by atoms with E-state index in [9.17, 15) is 9.90 Å². The van der Waals surface area contributed by atoms with Gasteiger partial charge in [-0.15, -0.1) is 0 Å². The van der Waals surface area contributed by atoms with Gasteiger partial charge < -0.3 is 14.9 Å². The Labute approximate surface area is 128 Å². The minimum absolute atomic E-state index is 0.0486. The summed E-state index contributed by atoms with van der Waals surface area (Å²) >= 11 is 0. The zero-order chi connectivity index (χ0) is 15.5. The number of likely N-dealkylation sites (N-methyl/N-ethyl adjacent to an activating group) is 2. The molecule has 0 aromatic rings. The summed E-state index contributed by atoms with van der Waals surface area (Å²) in [6.07, 6.45) is 5.94. The first kappa shape index (κ1) is 16.7. The Balaban J connectivity index is 1.90. The molecular weight excluding hydrogens is 266 g/mol. The summed E-state index contributed by atoms with van der Waals surface area (Å²) in [7, 11) is 6.03. The van der Waals surface area contributed by atoms with E-state index in [1.165, 1.54) is 12.8 Å². The van der Waals surface area contributed by atoms with Gasteiger partial charge in [0.2, 0.25) is 5.91 Å². The third-order valence-corrected chi connectivity index (χ3v) is 4.92. The van der Waals surface area contributed by atoms with E-state index in [2.05, 4.69) is 11.9 Å². The molecule has 1 N–H and O–H groups in total. The summed E-state index contributed by atoms with van der Waals surface area (Å²) in [5.41, 5.74) is -0.629. The van der Waals surface area contributed by atoms with Crippen LogP contribution in [0.25, 0.3) is 0 Å². The zero-order valence-electron chi connectivity index (χ0n) is 13.8. The lowest BCUT2D eigenvalue weighted by molar-refractivity contribution is -0.141. The molecule has 5 heteroatoms. The van der Waals surface area contributed by atoms with E-state index in [1.54, 1.807) is 0 Å². The van der Waals surface area contributed by atoms with Crippen LogP contribution in [0.4, 0.5) is 0 Å². The van der Waals surface area contributed by atoms with Gasteiger partial charge in [0.1, 0.15) is 0 Å². The number of likely N-dealkylation sites (tertiary alicyclic amines) is 2. The Morgan fingerprint density at radius 1 is 1.19 bits per heavy atom. The minimum atomic E-state index is -0.629. The van der Waals surface area contributed by atoms with Gasteiger partial charge in [-0.1, -0.05) is 12.8 Å². The highest BCUT2D eigenvalue weighted by atomic mass is 16.3. The molecule has 2 saturated heterocycles. The lowest BCUT2D eigenvalue weighted by Gasteiger charge is -2.41. The molecule has 2 aliphatic heterocycles. The molecule has 0 unspecified atom stereocenters. The lowest BCUT2D eigenvalue weighted by Crippen LogP contribution is -2.54. The Kier molecular flexibility index (Phi) is 5.63. The van der Waals surface area contributed by atoms with Gasteiger partial charge in [0.15, 0.2) is 0 Å². The Morgan fingerprint density at radius 2 is 1.86 bits per heavy atom. The zero-order valence-corrected chi connectivity index (χ0v) is 13.8. The number of rotatable bonds is 3. The van der Waals surface area contributed by atoms with Crippen LogP contribution in [0.5, 0.6) is 0 Å². The molecular formula is C16H31N3O2. The number of hydrogen-bond donors (Lipinski definition) is 1. The fourth-order valence-electron chi connectivity index (χ4n) is 3.66. The van der Waals surface area contributed by atoms with Crippen LogP contribution in [0, 0.1) is 0 Å². The van der Waals surface area contributed by atoms with Crippen molar-refractivity contribution < 1.29 is 9.90 Å². The van der Waals surface area contributed by atoms with Gasteiger partial charge >= 0.3 is 0 Å². The van der Waals surface area contributed by atoms with Crippen molar-refractivity contribution in [2.75, 3.05) is 47.3 Å². The average Bonchev–Trinajstić information content (AvgIpc) is 2.62. The van der Waals surface area contributed by atoms with E-state index in [-0.39, 0.29) is 11.9 Å². The highest BCUT2D eigenvalue weighted by molar-refractivity contribution is 5.82. The van der Waals surface area contributed by atoms with Crippen molar-refractivity contribution in [3.63, 3.8) is 0 Å². The van der Waals surface area contributed by atoms with Crippen LogP contribution >= 0.6 is 0 Å². The van der Waals surface area contributed by atoms with E-state index in [0.29, 0.717) is 32.5 Å². The summed E-state index contributed by atoms with van der Waals surface area (Å²) in [4.78, 5) is 19.0. The van der Waals surface area contributed by atoms with E-state index in [1.807, 2.05) is 23.9 Å². The number of amides is 1. The summed E-state index contributed by atoms with van der Waals surface area (Å²) in [5, 5.41) is 10.6. The second-order valence-electron chi connectivity index (χ2n) is 7.13. The third kappa shape index (κ3) is 4.41. The number of piperidine rings is 1. The van der Waals surface area contributed by atoms with Crippen LogP contribution in [0.3, 0.4) is 0 Å². The van der Waals surface area contributed by atoms with E-state index in [4.69, 9.17) is 0 Å². The van der Waals surface area contributed by atoms with Gasteiger partial charge in [0.05, 0.1) is 11.6 Å². The van der Waals surface area contributed by atoms with Crippen molar-refractivity contribution in [2.45, 2.75) is 50.2 Å². The molecule has 21 heavy (non-hydrogen) atoms. The second-order valence-corrected chi connectivity index (χ2v) is 7.13. The SMILES string of the molecule is CN(C)CC1(O)CCN(C(=O)[C@H]2CCCCCN2C)CC1.